The summed E-state index contributed by atoms with van der Waals surface area (Å²) in [6.45, 7) is 3.75. The van der Waals surface area contributed by atoms with E-state index in [1.807, 2.05) is 0 Å². The topological polar surface area (TPSA) is 39.9 Å². The van der Waals surface area contributed by atoms with Crippen LogP contribution in [0.15, 0.2) is 30.6 Å². The maximum Gasteiger partial charge on any atom is 0.140 e. The van der Waals surface area contributed by atoms with Gasteiger partial charge in [-0.2, -0.15) is 0 Å². The molecule has 1 aliphatic heterocycles. The molecular formula is C14H17N3O. The van der Waals surface area contributed by atoms with Crippen molar-refractivity contribution in [3.05, 3.63) is 42.0 Å². The number of rotatable bonds is 2. The first kappa shape index (κ1) is 11.4. The van der Waals surface area contributed by atoms with Gasteiger partial charge in [0.05, 0.1) is 0 Å². The molecule has 0 amide bonds. The number of hydrogen-bond acceptors (Lipinski definition) is 3. The third-order valence-electron chi connectivity index (χ3n) is 3.44. The molecule has 94 valence electrons. The highest BCUT2D eigenvalue weighted by molar-refractivity contribution is 5.36. The van der Waals surface area contributed by atoms with E-state index in [1.54, 1.807) is 6.33 Å². The smallest absolute Gasteiger partial charge is 0.140 e. The van der Waals surface area contributed by atoms with Gasteiger partial charge >= 0.3 is 0 Å². The number of aromatic nitrogens is 3. The lowest BCUT2D eigenvalue weighted by Gasteiger charge is -2.21. The number of ether oxygens (including phenoxy) is 1. The van der Waals surface area contributed by atoms with Gasteiger partial charge in [0.15, 0.2) is 0 Å². The Hall–Kier alpha value is -1.68. The van der Waals surface area contributed by atoms with Crippen molar-refractivity contribution in [2.45, 2.75) is 25.7 Å². The van der Waals surface area contributed by atoms with Crippen molar-refractivity contribution in [2.24, 2.45) is 0 Å². The standard InChI is InChI=1S/C14H17N3O/c1-11-3-2-4-13(9-11)17-10-15-16-14(17)12-5-7-18-8-6-12/h2-4,9-10,12H,5-8H2,1H3. The van der Waals surface area contributed by atoms with E-state index >= 15 is 0 Å². The lowest BCUT2D eigenvalue weighted by atomic mass is 9.99. The summed E-state index contributed by atoms with van der Waals surface area (Å²) >= 11 is 0. The predicted molar refractivity (Wildman–Crippen MR) is 68.9 cm³/mol. The van der Waals surface area contributed by atoms with Gasteiger partial charge in [0, 0.05) is 24.8 Å². The van der Waals surface area contributed by atoms with Crippen LogP contribution in [-0.4, -0.2) is 28.0 Å². The molecule has 18 heavy (non-hydrogen) atoms. The molecule has 1 aromatic heterocycles. The summed E-state index contributed by atoms with van der Waals surface area (Å²) < 4.78 is 7.51. The molecule has 1 fully saturated rings. The molecule has 0 N–H and O–H groups in total. The van der Waals surface area contributed by atoms with Crippen LogP contribution in [0.25, 0.3) is 5.69 Å². The molecule has 4 nitrogen and oxygen atoms in total. The van der Waals surface area contributed by atoms with Gasteiger partial charge in [0.2, 0.25) is 0 Å². The number of benzene rings is 1. The Labute approximate surface area is 107 Å². The number of aryl methyl sites for hydroxylation is 1. The summed E-state index contributed by atoms with van der Waals surface area (Å²) in [6, 6.07) is 8.42. The van der Waals surface area contributed by atoms with Gasteiger partial charge < -0.3 is 4.74 Å². The molecular weight excluding hydrogens is 226 g/mol. The second kappa shape index (κ2) is 4.90. The van der Waals surface area contributed by atoms with E-state index in [-0.39, 0.29) is 0 Å². The van der Waals surface area contributed by atoms with E-state index in [2.05, 4.69) is 46.0 Å². The molecule has 4 heteroatoms. The lowest BCUT2D eigenvalue weighted by Crippen LogP contribution is -2.17. The molecule has 1 saturated heterocycles. The summed E-state index contributed by atoms with van der Waals surface area (Å²) in [5, 5.41) is 8.38. The fourth-order valence-electron chi connectivity index (χ4n) is 2.45. The van der Waals surface area contributed by atoms with Crippen molar-refractivity contribution in [3.8, 4) is 5.69 Å². The molecule has 0 aliphatic carbocycles. The van der Waals surface area contributed by atoms with Crippen molar-refractivity contribution in [1.29, 1.82) is 0 Å². The molecule has 0 radical (unpaired) electrons. The highest BCUT2D eigenvalue weighted by Crippen LogP contribution is 2.26. The molecule has 1 aromatic carbocycles. The summed E-state index contributed by atoms with van der Waals surface area (Å²) in [5.41, 5.74) is 2.39. The normalized spacial score (nSPS) is 16.9. The van der Waals surface area contributed by atoms with Gasteiger partial charge in [-0.05, 0) is 37.5 Å². The number of hydrogen-bond donors (Lipinski definition) is 0. The van der Waals surface area contributed by atoms with Crippen LogP contribution in [0.3, 0.4) is 0 Å². The highest BCUT2D eigenvalue weighted by Gasteiger charge is 2.21. The molecule has 0 spiro atoms. The van der Waals surface area contributed by atoms with E-state index in [4.69, 9.17) is 4.74 Å². The van der Waals surface area contributed by atoms with Crippen LogP contribution in [-0.2, 0) is 4.74 Å². The van der Waals surface area contributed by atoms with Gasteiger partial charge in [0.1, 0.15) is 12.2 Å². The van der Waals surface area contributed by atoms with Gasteiger partial charge in [-0.25, -0.2) is 0 Å². The molecule has 0 bridgehead atoms. The third-order valence-corrected chi connectivity index (χ3v) is 3.44. The van der Waals surface area contributed by atoms with Crippen LogP contribution in [0.1, 0.15) is 30.1 Å². The molecule has 1 aliphatic rings. The average Bonchev–Trinajstić information content (AvgIpc) is 2.89. The summed E-state index contributed by atoms with van der Waals surface area (Å²) in [7, 11) is 0. The SMILES string of the molecule is Cc1cccc(-n2cnnc2C2CCOCC2)c1. The van der Waals surface area contributed by atoms with Crippen LogP contribution in [0.5, 0.6) is 0 Å². The minimum Gasteiger partial charge on any atom is -0.381 e. The second-order valence-corrected chi connectivity index (χ2v) is 4.78. The second-order valence-electron chi connectivity index (χ2n) is 4.78. The fourth-order valence-corrected chi connectivity index (χ4v) is 2.45. The van der Waals surface area contributed by atoms with E-state index < -0.39 is 0 Å². The maximum absolute atomic E-state index is 5.41. The van der Waals surface area contributed by atoms with Crippen LogP contribution in [0.4, 0.5) is 0 Å². The Morgan fingerprint density at radius 1 is 1.28 bits per heavy atom. The zero-order chi connectivity index (χ0) is 12.4. The van der Waals surface area contributed by atoms with Gasteiger partial charge in [-0.1, -0.05) is 12.1 Å². The first-order valence-corrected chi connectivity index (χ1v) is 6.39. The van der Waals surface area contributed by atoms with Crippen molar-refractivity contribution in [1.82, 2.24) is 14.8 Å². The van der Waals surface area contributed by atoms with Gasteiger partial charge in [-0.15, -0.1) is 10.2 Å². The van der Waals surface area contributed by atoms with E-state index in [0.717, 1.165) is 37.6 Å². The van der Waals surface area contributed by atoms with Crippen molar-refractivity contribution < 1.29 is 4.74 Å². The van der Waals surface area contributed by atoms with Crippen LogP contribution in [0, 0.1) is 6.92 Å². The molecule has 0 saturated carbocycles. The van der Waals surface area contributed by atoms with E-state index in [1.165, 1.54) is 5.56 Å². The molecule has 0 atom stereocenters. The van der Waals surface area contributed by atoms with Crippen molar-refractivity contribution >= 4 is 0 Å². The van der Waals surface area contributed by atoms with Crippen LogP contribution >= 0.6 is 0 Å². The Morgan fingerprint density at radius 2 is 2.11 bits per heavy atom. The minimum atomic E-state index is 0.460. The largest absolute Gasteiger partial charge is 0.381 e. The summed E-state index contributed by atoms with van der Waals surface area (Å²) in [6.07, 6.45) is 3.87. The Morgan fingerprint density at radius 3 is 2.89 bits per heavy atom. The Kier molecular flexibility index (Phi) is 3.11. The quantitative estimate of drug-likeness (QED) is 0.813. The average molecular weight is 243 g/mol. The van der Waals surface area contributed by atoms with Gasteiger partial charge in [0.25, 0.3) is 0 Å². The van der Waals surface area contributed by atoms with E-state index in [0.29, 0.717) is 5.92 Å². The van der Waals surface area contributed by atoms with Crippen molar-refractivity contribution in [3.63, 3.8) is 0 Å². The molecule has 0 unspecified atom stereocenters. The first-order chi connectivity index (χ1) is 8.84. The molecule has 3 rings (SSSR count). The highest BCUT2D eigenvalue weighted by atomic mass is 16.5. The Balaban J connectivity index is 1.95. The number of nitrogens with zero attached hydrogens (tertiary/aromatic N) is 3. The van der Waals surface area contributed by atoms with Crippen LogP contribution < -0.4 is 0 Å². The lowest BCUT2D eigenvalue weighted by molar-refractivity contribution is 0.0832. The van der Waals surface area contributed by atoms with Crippen LogP contribution in [0.2, 0.25) is 0 Å². The minimum absolute atomic E-state index is 0.460. The van der Waals surface area contributed by atoms with Crippen molar-refractivity contribution in [2.75, 3.05) is 13.2 Å². The predicted octanol–water partition coefficient (Wildman–Crippen LogP) is 2.47. The summed E-state index contributed by atoms with van der Waals surface area (Å²) in [5.74, 6) is 1.52. The third kappa shape index (κ3) is 2.16. The molecule has 2 aromatic rings. The van der Waals surface area contributed by atoms with E-state index in [9.17, 15) is 0 Å². The first-order valence-electron chi connectivity index (χ1n) is 6.39. The Bertz CT molecular complexity index is 529. The monoisotopic (exact) mass is 243 g/mol. The molecule has 2 heterocycles. The zero-order valence-electron chi connectivity index (χ0n) is 10.5. The summed E-state index contributed by atoms with van der Waals surface area (Å²) in [4.78, 5) is 0. The zero-order valence-corrected chi connectivity index (χ0v) is 10.5. The fraction of sp³-hybridized carbons (Fsp3) is 0.429. The maximum atomic E-state index is 5.41. The van der Waals surface area contributed by atoms with Gasteiger partial charge in [-0.3, -0.25) is 4.57 Å².